The third kappa shape index (κ3) is 2.98. The Kier molecular flexibility index (Phi) is 4.36. The van der Waals surface area contributed by atoms with Crippen molar-refractivity contribution in [2.24, 2.45) is 16.8 Å². The lowest BCUT2D eigenvalue weighted by Crippen LogP contribution is -2.14. The average Bonchev–Trinajstić information content (AvgIpc) is 2.91. The zero-order chi connectivity index (χ0) is 17.2. The molecular weight excluding hydrogens is 328 g/mol. The van der Waals surface area contributed by atoms with Gasteiger partial charge in [0.1, 0.15) is 6.29 Å². The molecule has 0 N–H and O–H groups in total. The minimum Gasteiger partial charge on any atom is -0.303 e. The van der Waals surface area contributed by atoms with Gasteiger partial charge >= 0.3 is 0 Å². The molecule has 0 fully saturated rings. The highest BCUT2D eigenvalue weighted by atomic mass is 32.2. The summed E-state index contributed by atoms with van der Waals surface area (Å²) in [5.74, 6) is -0.0881. The molecule has 3 nitrogen and oxygen atoms in total. The normalized spacial score (nSPS) is 22.4. The Morgan fingerprint density at radius 1 is 1.16 bits per heavy atom. The van der Waals surface area contributed by atoms with Crippen LogP contribution in [0.1, 0.15) is 24.6 Å². The lowest BCUT2D eigenvalue weighted by atomic mass is 9.93. The Morgan fingerprint density at radius 2 is 2.00 bits per heavy atom. The van der Waals surface area contributed by atoms with Crippen LogP contribution in [0.25, 0.3) is 0 Å². The minimum atomic E-state index is -0.136. The molecular formula is C21H18N2OS. The lowest BCUT2D eigenvalue weighted by Gasteiger charge is -2.17. The van der Waals surface area contributed by atoms with E-state index in [0.29, 0.717) is 0 Å². The van der Waals surface area contributed by atoms with E-state index in [4.69, 9.17) is 4.99 Å². The van der Waals surface area contributed by atoms with Crippen molar-refractivity contribution in [1.29, 1.82) is 0 Å². The van der Waals surface area contributed by atoms with Crippen LogP contribution in [-0.2, 0) is 4.79 Å². The number of hydrogen-bond donors (Lipinski definition) is 0. The van der Waals surface area contributed by atoms with Crippen LogP contribution in [0.15, 0.2) is 81.3 Å². The van der Waals surface area contributed by atoms with Crippen LogP contribution >= 0.6 is 11.8 Å². The minimum absolute atomic E-state index is 0.0479. The Bertz CT molecular complexity index is 899. The van der Waals surface area contributed by atoms with E-state index in [1.54, 1.807) is 18.0 Å². The van der Waals surface area contributed by atoms with Crippen LogP contribution in [-0.4, -0.2) is 17.0 Å². The van der Waals surface area contributed by atoms with Crippen molar-refractivity contribution in [3.63, 3.8) is 0 Å². The fraction of sp³-hybridized carbons (Fsp3) is 0.190. The number of pyridine rings is 1. The van der Waals surface area contributed by atoms with Gasteiger partial charge in [-0.2, -0.15) is 0 Å². The second kappa shape index (κ2) is 6.81. The van der Waals surface area contributed by atoms with E-state index in [-0.39, 0.29) is 11.8 Å². The summed E-state index contributed by atoms with van der Waals surface area (Å²) in [5, 5.41) is 0. The van der Waals surface area contributed by atoms with Crippen molar-refractivity contribution >= 4 is 23.8 Å². The Labute approximate surface area is 151 Å². The maximum Gasteiger partial charge on any atom is 0.127 e. The third-order valence-corrected chi connectivity index (χ3v) is 5.83. The molecule has 124 valence electrons. The monoisotopic (exact) mass is 346 g/mol. The van der Waals surface area contributed by atoms with E-state index >= 15 is 0 Å². The van der Waals surface area contributed by atoms with Crippen molar-refractivity contribution in [2.75, 3.05) is 0 Å². The van der Waals surface area contributed by atoms with E-state index in [0.717, 1.165) is 35.4 Å². The molecule has 2 heterocycles. The Morgan fingerprint density at radius 3 is 2.80 bits per heavy atom. The number of carbonyl (C=O) groups is 1. The molecule has 0 bridgehead atoms. The SMILES string of the molecule is CC1C2=C(CC=CC1C=O)Sc1ccccc1C(c1ccccn1)=N2. The second-order valence-electron chi connectivity index (χ2n) is 6.22. The summed E-state index contributed by atoms with van der Waals surface area (Å²) in [4.78, 5) is 23.5. The van der Waals surface area contributed by atoms with Crippen molar-refractivity contribution in [1.82, 2.24) is 4.98 Å². The summed E-state index contributed by atoms with van der Waals surface area (Å²) >= 11 is 1.76. The summed E-state index contributed by atoms with van der Waals surface area (Å²) in [6.07, 6.45) is 7.72. The molecule has 2 unspecified atom stereocenters. The molecule has 0 spiro atoms. The highest BCUT2D eigenvalue weighted by molar-refractivity contribution is 8.03. The predicted molar refractivity (Wildman–Crippen MR) is 102 cm³/mol. The molecule has 0 amide bonds. The molecule has 2 aliphatic rings. The molecule has 0 saturated heterocycles. The maximum absolute atomic E-state index is 11.5. The number of thioether (sulfide) groups is 1. The molecule has 25 heavy (non-hydrogen) atoms. The first-order valence-electron chi connectivity index (χ1n) is 8.40. The Balaban J connectivity index is 1.93. The zero-order valence-corrected chi connectivity index (χ0v) is 14.7. The summed E-state index contributed by atoms with van der Waals surface area (Å²) in [5.41, 5.74) is 3.84. The number of aliphatic imine (C=N–C) groups is 1. The van der Waals surface area contributed by atoms with Crippen molar-refractivity contribution < 1.29 is 4.79 Å². The fourth-order valence-corrected chi connectivity index (χ4v) is 4.43. The number of benzene rings is 1. The van der Waals surface area contributed by atoms with Crippen LogP contribution in [0.5, 0.6) is 0 Å². The number of fused-ring (bicyclic) bond motifs is 1. The summed E-state index contributed by atoms with van der Waals surface area (Å²) in [7, 11) is 0. The summed E-state index contributed by atoms with van der Waals surface area (Å²) < 4.78 is 0. The predicted octanol–water partition coefficient (Wildman–Crippen LogP) is 4.65. The largest absolute Gasteiger partial charge is 0.303 e. The van der Waals surface area contributed by atoms with Crippen LogP contribution < -0.4 is 0 Å². The van der Waals surface area contributed by atoms with E-state index in [1.165, 1.54) is 9.80 Å². The van der Waals surface area contributed by atoms with Crippen molar-refractivity contribution in [2.45, 2.75) is 18.2 Å². The van der Waals surface area contributed by atoms with Gasteiger partial charge in [0.2, 0.25) is 0 Å². The lowest BCUT2D eigenvalue weighted by molar-refractivity contribution is -0.110. The fourth-order valence-electron chi connectivity index (χ4n) is 3.22. The second-order valence-corrected chi connectivity index (χ2v) is 7.35. The highest BCUT2D eigenvalue weighted by Crippen LogP contribution is 2.42. The van der Waals surface area contributed by atoms with Gasteiger partial charge in [0.05, 0.1) is 17.1 Å². The van der Waals surface area contributed by atoms with E-state index in [1.807, 2.05) is 30.3 Å². The number of aldehydes is 1. The van der Waals surface area contributed by atoms with Gasteiger partial charge in [0.15, 0.2) is 0 Å². The molecule has 2 atom stereocenters. The topological polar surface area (TPSA) is 42.3 Å². The molecule has 0 radical (unpaired) electrons. The standard InChI is InChI=1S/C21H18N2OS/c1-14-15(13-24)7-6-11-19-20(14)23-21(17-9-4-5-12-22-17)16-8-2-3-10-18(16)25-19/h2-10,12-15H,11H2,1H3. The molecule has 4 heteroatoms. The molecule has 1 aromatic carbocycles. The van der Waals surface area contributed by atoms with E-state index in [9.17, 15) is 4.79 Å². The molecule has 4 rings (SSSR count). The molecule has 1 aliphatic carbocycles. The van der Waals surface area contributed by atoms with Gasteiger partial charge in [-0.25, -0.2) is 4.99 Å². The van der Waals surface area contributed by atoms with Gasteiger partial charge in [-0.1, -0.05) is 55.1 Å². The average molecular weight is 346 g/mol. The smallest absolute Gasteiger partial charge is 0.127 e. The summed E-state index contributed by atoms with van der Waals surface area (Å²) in [6, 6.07) is 14.2. The quantitative estimate of drug-likeness (QED) is 0.587. The number of allylic oxidation sites excluding steroid dienone is 4. The first-order chi connectivity index (χ1) is 12.3. The molecule has 1 aromatic heterocycles. The number of carbonyl (C=O) groups excluding carboxylic acids is 1. The van der Waals surface area contributed by atoms with Gasteiger partial charge < -0.3 is 4.79 Å². The number of hydrogen-bond acceptors (Lipinski definition) is 4. The van der Waals surface area contributed by atoms with E-state index in [2.05, 4.69) is 36.2 Å². The molecule has 0 saturated carbocycles. The first kappa shape index (κ1) is 16.0. The van der Waals surface area contributed by atoms with Gasteiger partial charge in [-0.15, -0.1) is 0 Å². The zero-order valence-electron chi connectivity index (χ0n) is 13.9. The van der Waals surface area contributed by atoms with Gasteiger partial charge in [0.25, 0.3) is 0 Å². The van der Waals surface area contributed by atoms with Gasteiger partial charge in [-0.3, -0.25) is 4.98 Å². The number of rotatable bonds is 2. The molecule has 2 aromatic rings. The number of nitrogens with zero attached hydrogens (tertiary/aromatic N) is 2. The van der Waals surface area contributed by atoms with Gasteiger partial charge in [0, 0.05) is 33.4 Å². The van der Waals surface area contributed by atoms with Gasteiger partial charge in [-0.05, 0) is 24.6 Å². The van der Waals surface area contributed by atoms with Crippen LogP contribution in [0.2, 0.25) is 0 Å². The maximum atomic E-state index is 11.5. The third-order valence-electron chi connectivity index (χ3n) is 4.63. The highest BCUT2D eigenvalue weighted by Gasteiger charge is 2.28. The van der Waals surface area contributed by atoms with Crippen molar-refractivity contribution in [3.8, 4) is 0 Å². The van der Waals surface area contributed by atoms with Crippen LogP contribution in [0, 0.1) is 11.8 Å². The summed E-state index contributed by atoms with van der Waals surface area (Å²) in [6.45, 7) is 2.08. The van der Waals surface area contributed by atoms with Crippen LogP contribution in [0.3, 0.4) is 0 Å². The molecule has 1 aliphatic heterocycles. The number of aromatic nitrogens is 1. The Hall–Kier alpha value is -2.46. The first-order valence-corrected chi connectivity index (χ1v) is 9.22. The van der Waals surface area contributed by atoms with Crippen molar-refractivity contribution in [3.05, 3.63) is 82.7 Å². The van der Waals surface area contributed by atoms with E-state index < -0.39 is 0 Å². The van der Waals surface area contributed by atoms with Crippen LogP contribution in [0.4, 0.5) is 0 Å².